The number of aliphatic hydroxyl groups is 2. The largest absolute Gasteiger partial charge is 0.394 e. The Morgan fingerprint density at radius 2 is 0.557 bits per heavy atom. The van der Waals surface area contributed by atoms with E-state index in [1.165, 1.54) is 321 Å². The van der Waals surface area contributed by atoms with Gasteiger partial charge in [0.05, 0.1) is 18.8 Å². The third-order valence-corrected chi connectivity index (χ3v) is 15.4. The predicted molar refractivity (Wildman–Crippen MR) is 313 cm³/mol. The molecule has 0 rings (SSSR count). The fourth-order valence-electron chi connectivity index (χ4n) is 10.5. The molecule has 4 heteroatoms. The number of carbonyl (C=O) groups is 1. The molecule has 0 fully saturated rings. The molecule has 0 saturated carbocycles. The quantitative estimate of drug-likeness (QED) is 0.0420. The van der Waals surface area contributed by atoms with Gasteiger partial charge in [-0.25, -0.2) is 0 Å². The van der Waals surface area contributed by atoms with Crippen LogP contribution in [0.4, 0.5) is 0 Å². The molecule has 416 valence electrons. The summed E-state index contributed by atoms with van der Waals surface area (Å²) in [6, 6.07) is -0.637. The summed E-state index contributed by atoms with van der Waals surface area (Å²) in [4.78, 5) is 12.5. The van der Waals surface area contributed by atoms with Gasteiger partial charge in [0.1, 0.15) is 0 Å². The van der Waals surface area contributed by atoms with E-state index in [9.17, 15) is 15.0 Å². The van der Waals surface area contributed by atoms with Crippen molar-refractivity contribution in [3.63, 3.8) is 0 Å². The molecule has 1 amide bonds. The lowest BCUT2D eigenvalue weighted by Crippen LogP contribution is -2.45. The van der Waals surface area contributed by atoms with Gasteiger partial charge in [-0.05, 0) is 32.1 Å². The zero-order valence-corrected chi connectivity index (χ0v) is 48.1. The van der Waals surface area contributed by atoms with Crippen molar-refractivity contribution in [1.82, 2.24) is 5.32 Å². The lowest BCUT2D eigenvalue weighted by atomic mass is 10.0. The Labute approximate surface area is 440 Å². The zero-order chi connectivity index (χ0) is 50.6. The zero-order valence-electron chi connectivity index (χ0n) is 48.1. The molecule has 0 aliphatic carbocycles. The molecule has 0 bridgehead atoms. The third-order valence-electron chi connectivity index (χ3n) is 15.4. The van der Waals surface area contributed by atoms with Crippen LogP contribution in [0.3, 0.4) is 0 Å². The summed E-state index contributed by atoms with van der Waals surface area (Å²) in [5, 5.41) is 23.2. The van der Waals surface area contributed by atoms with Crippen molar-refractivity contribution in [3.8, 4) is 0 Å². The van der Waals surface area contributed by atoms with E-state index in [0.29, 0.717) is 6.42 Å². The second-order valence-electron chi connectivity index (χ2n) is 22.5. The van der Waals surface area contributed by atoms with Crippen molar-refractivity contribution in [2.75, 3.05) is 6.61 Å². The molecule has 0 aromatic heterocycles. The number of allylic oxidation sites excluding steroid dienone is 3. The highest BCUT2D eigenvalue weighted by atomic mass is 16.3. The van der Waals surface area contributed by atoms with Gasteiger partial charge in [-0.2, -0.15) is 0 Å². The molecule has 0 aliphatic heterocycles. The van der Waals surface area contributed by atoms with E-state index in [4.69, 9.17) is 0 Å². The number of rotatable bonds is 61. The minimum atomic E-state index is -0.860. The average Bonchev–Trinajstić information content (AvgIpc) is 3.36. The van der Waals surface area contributed by atoms with Crippen LogP contribution in [0.1, 0.15) is 373 Å². The monoisotopic (exact) mass is 984 g/mol. The Kier molecular flexibility index (Phi) is 61.2. The van der Waals surface area contributed by atoms with Gasteiger partial charge in [-0.3, -0.25) is 4.79 Å². The van der Waals surface area contributed by atoms with Crippen molar-refractivity contribution >= 4 is 5.91 Å². The molecule has 3 N–H and O–H groups in total. The van der Waals surface area contributed by atoms with Crippen LogP contribution in [0, 0.1) is 0 Å². The molecular weight excluding hydrogens is 855 g/mol. The third kappa shape index (κ3) is 57.8. The lowest BCUT2D eigenvalue weighted by molar-refractivity contribution is -0.123. The second-order valence-corrected chi connectivity index (χ2v) is 22.5. The molecule has 0 radical (unpaired) electrons. The maximum absolute atomic E-state index is 12.5. The highest BCUT2D eigenvalue weighted by Crippen LogP contribution is 2.19. The molecule has 0 aromatic carbocycles. The lowest BCUT2D eigenvalue weighted by Gasteiger charge is -2.19. The maximum Gasteiger partial charge on any atom is 0.220 e. The second kappa shape index (κ2) is 62.2. The summed E-state index contributed by atoms with van der Waals surface area (Å²) in [6.45, 7) is 4.35. The SMILES string of the molecule is CCCCCCCCCCCCCCCCCC/C=C/CC/C=C/C(O)C(CO)NC(=O)CCCCCCCCCCCCCCCCCCCCCCCCCCCCCCCCCCCCCC. The fraction of sp³-hybridized carbons (Fsp3) is 0.924. The van der Waals surface area contributed by atoms with Crippen LogP contribution in [0.2, 0.25) is 0 Å². The maximum atomic E-state index is 12.5. The Hall–Kier alpha value is -1.13. The predicted octanol–water partition coefficient (Wildman–Crippen LogP) is 21.8. The summed E-state index contributed by atoms with van der Waals surface area (Å²) in [5.41, 5.74) is 0. The first kappa shape index (κ1) is 68.9. The molecular formula is C66H129NO3. The van der Waals surface area contributed by atoms with Crippen molar-refractivity contribution in [2.45, 2.75) is 386 Å². The first-order valence-electron chi connectivity index (χ1n) is 32.6. The van der Waals surface area contributed by atoms with Gasteiger partial charge in [0.15, 0.2) is 0 Å². The number of hydrogen-bond donors (Lipinski definition) is 3. The van der Waals surface area contributed by atoms with Crippen LogP contribution in [-0.4, -0.2) is 34.9 Å². The van der Waals surface area contributed by atoms with Gasteiger partial charge in [0.2, 0.25) is 5.91 Å². The summed E-state index contributed by atoms with van der Waals surface area (Å²) in [5.74, 6) is -0.0651. The summed E-state index contributed by atoms with van der Waals surface area (Å²) >= 11 is 0. The molecule has 0 saturated heterocycles. The van der Waals surface area contributed by atoms with Gasteiger partial charge in [0.25, 0.3) is 0 Å². The first-order chi connectivity index (χ1) is 34.7. The molecule has 4 nitrogen and oxygen atoms in total. The number of hydrogen-bond acceptors (Lipinski definition) is 3. The van der Waals surface area contributed by atoms with Crippen LogP contribution in [0.15, 0.2) is 24.3 Å². The molecule has 0 spiro atoms. The Morgan fingerprint density at radius 1 is 0.329 bits per heavy atom. The van der Waals surface area contributed by atoms with Gasteiger partial charge >= 0.3 is 0 Å². The van der Waals surface area contributed by atoms with E-state index in [0.717, 1.165) is 32.1 Å². The molecule has 0 aromatic rings. The number of aliphatic hydroxyl groups excluding tert-OH is 2. The molecule has 2 unspecified atom stereocenters. The van der Waals surface area contributed by atoms with E-state index in [1.807, 2.05) is 6.08 Å². The molecule has 0 aliphatic rings. The Bertz CT molecular complexity index is 1020. The van der Waals surface area contributed by atoms with Crippen LogP contribution in [-0.2, 0) is 4.79 Å². The molecule has 70 heavy (non-hydrogen) atoms. The van der Waals surface area contributed by atoms with E-state index >= 15 is 0 Å². The van der Waals surface area contributed by atoms with Gasteiger partial charge in [-0.1, -0.05) is 359 Å². The highest BCUT2D eigenvalue weighted by Gasteiger charge is 2.18. The van der Waals surface area contributed by atoms with Crippen molar-refractivity contribution < 1.29 is 15.0 Å². The normalized spacial score (nSPS) is 12.8. The smallest absolute Gasteiger partial charge is 0.220 e. The summed E-state index contributed by atoms with van der Waals surface area (Å²) in [7, 11) is 0. The minimum absolute atomic E-state index is 0.0651. The van der Waals surface area contributed by atoms with Gasteiger partial charge < -0.3 is 15.5 Å². The van der Waals surface area contributed by atoms with Crippen molar-refractivity contribution in [2.24, 2.45) is 0 Å². The number of amides is 1. The summed E-state index contributed by atoms with van der Waals surface area (Å²) < 4.78 is 0. The Morgan fingerprint density at radius 3 is 0.829 bits per heavy atom. The van der Waals surface area contributed by atoms with Crippen molar-refractivity contribution in [3.05, 3.63) is 24.3 Å². The molecule has 2 atom stereocenters. The van der Waals surface area contributed by atoms with E-state index < -0.39 is 12.1 Å². The van der Waals surface area contributed by atoms with Crippen LogP contribution < -0.4 is 5.32 Å². The van der Waals surface area contributed by atoms with Crippen molar-refractivity contribution in [1.29, 1.82) is 0 Å². The first-order valence-corrected chi connectivity index (χ1v) is 32.6. The number of carbonyl (C=O) groups excluding carboxylic acids is 1. The summed E-state index contributed by atoms with van der Waals surface area (Å²) in [6.07, 6.45) is 84.0. The van der Waals surface area contributed by atoms with Crippen LogP contribution in [0.5, 0.6) is 0 Å². The number of nitrogens with one attached hydrogen (secondary N) is 1. The van der Waals surface area contributed by atoms with E-state index in [-0.39, 0.29) is 12.5 Å². The van der Waals surface area contributed by atoms with Crippen LogP contribution >= 0.6 is 0 Å². The minimum Gasteiger partial charge on any atom is -0.394 e. The van der Waals surface area contributed by atoms with Gasteiger partial charge in [0, 0.05) is 6.42 Å². The Balaban J connectivity index is 3.41. The fourth-order valence-corrected chi connectivity index (χ4v) is 10.5. The van der Waals surface area contributed by atoms with E-state index in [1.54, 1.807) is 6.08 Å². The standard InChI is InChI=1S/C66H129NO3/c1-3-5-7-9-11-13-15-17-19-21-23-25-27-28-29-30-31-32-33-34-35-36-37-38-39-40-42-44-46-48-50-52-54-56-58-60-62-66(70)67-64(63-68)65(69)61-59-57-55-53-51-49-47-45-43-41-26-24-22-20-18-16-14-12-10-8-6-4-2/h51,53,59,61,64-65,68-69H,3-50,52,54-58,60,62-63H2,1-2H3,(H,67,70)/b53-51+,61-59+. The van der Waals surface area contributed by atoms with Gasteiger partial charge in [-0.15, -0.1) is 0 Å². The highest BCUT2D eigenvalue weighted by molar-refractivity contribution is 5.76. The topological polar surface area (TPSA) is 69.6 Å². The van der Waals surface area contributed by atoms with Crippen LogP contribution in [0.25, 0.3) is 0 Å². The molecule has 0 heterocycles. The number of unbranched alkanes of at least 4 members (excludes halogenated alkanes) is 52. The average molecular weight is 985 g/mol. The van der Waals surface area contributed by atoms with E-state index in [2.05, 4.69) is 31.3 Å².